The van der Waals surface area contributed by atoms with E-state index < -0.39 is 6.23 Å². The molecule has 3 aromatic carbocycles. The largest absolute Gasteiger partial charge is 0.380 e. The molecule has 4 unspecified atom stereocenters. The zero-order valence-electron chi connectivity index (χ0n) is 21.4. The summed E-state index contributed by atoms with van der Waals surface area (Å²) < 4.78 is 5.32. The van der Waals surface area contributed by atoms with Crippen LogP contribution in [0.1, 0.15) is 43.0 Å². The van der Waals surface area contributed by atoms with E-state index >= 15 is 0 Å². The van der Waals surface area contributed by atoms with E-state index in [0.29, 0.717) is 29.7 Å². The van der Waals surface area contributed by atoms with Gasteiger partial charge in [-0.05, 0) is 72.1 Å². The van der Waals surface area contributed by atoms with Crippen LogP contribution in [0.15, 0.2) is 72.8 Å². The number of nitrogens with zero attached hydrogens (tertiary/aromatic N) is 2. The van der Waals surface area contributed by atoms with Crippen molar-refractivity contribution in [2.75, 3.05) is 31.0 Å². The maximum Gasteiger partial charge on any atom is 0.232 e. The predicted octanol–water partition coefficient (Wildman–Crippen LogP) is 6.03. The van der Waals surface area contributed by atoms with Gasteiger partial charge >= 0.3 is 0 Å². The third-order valence-electron chi connectivity index (χ3n) is 7.96. The van der Waals surface area contributed by atoms with E-state index in [0.717, 1.165) is 41.6 Å². The molecular weight excluding hydrogens is 448 g/mol. The van der Waals surface area contributed by atoms with Gasteiger partial charge in [0.1, 0.15) is 0 Å². The van der Waals surface area contributed by atoms with Crippen LogP contribution in [-0.2, 0) is 16.1 Å². The summed E-state index contributed by atoms with van der Waals surface area (Å²) in [5, 5.41) is 11.6. The van der Waals surface area contributed by atoms with E-state index in [2.05, 4.69) is 29.2 Å². The minimum Gasteiger partial charge on any atom is -0.380 e. The molecule has 2 saturated carbocycles. The lowest BCUT2D eigenvalue weighted by Crippen LogP contribution is -2.41. The highest BCUT2D eigenvalue weighted by molar-refractivity contribution is 5.96. The topological polar surface area (TPSA) is 53.0 Å². The van der Waals surface area contributed by atoms with Gasteiger partial charge in [0, 0.05) is 44.1 Å². The quantitative estimate of drug-likeness (QED) is 0.397. The second kappa shape index (κ2) is 10.5. The average molecular weight is 485 g/mol. The fourth-order valence-electron chi connectivity index (χ4n) is 6.03. The van der Waals surface area contributed by atoms with E-state index in [9.17, 15) is 9.90 Å². The van der Waals surface area contributed by atoms with Crippen LogP contribution < -0.4 is 9.80 Å². The standard InChI is InChI=1S/C31H36N2O3/c1-32(2)27-15-13-24(14-16-27)23-9-11-25(12-10-23)30(34)33(28-6-4-5-22(18-28)20-36-3)31(35)29-19-21-7-8-26(29)17-21/h4-6,9-16,18,21,26,29-30,34H,7-8,17,19-20H2,1-3H3. The van der Waals surface area contributed by atoms with E-state index in [4.69, 9.17) is 4.74 Å². The molecule has 0 saturated heterocycles. The van der Waals surface area contributed by atoms with Crippen LogP contribution in [0.2, 0.25) is 0 Å². The summed E-state index contributed by atoms with van der Waals surface area (Å²) in [4.78, 5) is 17.6. The van der Waals surface area contributed by atoms with Crippen molar-refractivity contribution in [2.24, 2.45) is 17.8 Å². The first-order valence-electron chi connectivity index (χ1n) is 12.9. The maximum absolute atomic E-state index is 13.9. The molecular formula is C31H36N2O3. The van der Waals surface area contributed by atoms with E-state index in [1.807, 2.05) is 62.6 Å². The molecule has 188 valence electrons. The molecule has 4 atom stereocenters. The van der Waals surface area contributed by atoms with Gasteiger partial charge in [-0.25, -0.2) is 0 Å². The molecule has 2 aliphatic carbocycles. The van der Waals surface area contributed by atoms with E-state index in [1.54, 1.807) is 12.0 Å². The van der Waals surface area contributed by atoms with Crippen molar-refractivity contribution in [1.82, 2.24) is 0 Å². The van der Waals surface area contributed by atoms with Gasteiger partial charge in [-0.3, -0.25) is 9.69 Å². The Labute approximate surface area is 214 Å². The fourth-order valence-corrected chi connectivity index (χ4v) is 6.03. The maximum atomic E-state index is 13.9. The number of methoxy groups -OCH3 is 1. The molecule has 2 fully saturated rings. The summed E-state index contributed by atoms with van der Waals surface area (Å²) in [6.07, 6.45) is 3.38. The molecule has 5 rings (SSSR count). The Morgan fingerprint density at radius 1 is 0.944 bits per heavy atom. The molecule has 0 heterocycles. The lowest BCUT2D eigenvalue weighted by Gasteiger charge is -2.33. The summed E-state index contributed by atoms with van der Waals surface area (Å²) in [6.45, 7) is 0.460. The molecule has 5 nitrogen and oxygen atoms in total. The lowest BCUT2D eigenvalue weighted by molar-refractivity contribution is -0.126. The van der Waals surface area contributed by atoms with Crippen molar-refractivity contribution in [3.63, 3.8) is 0 Å². The van der Waals surface area contributed by atoms with Gasteiger partial charge in [0.05, 0.1) is 6.61 Å². The van der Waals surface area contributed by atoms with Crippen LogP contribution in [0.3, 0.4) is 0 Å². The van der Waals surface area contributed by atoms with Gasteiger partial charge < -0.3 is 14.7 Å². The van der Waals surface area contributed by atoms with Crippen molar-refractivity contribution in [3.8, 4) is 11.1 Å². The second-order valence-corrected chi connectivity index (χ2v) is 10.5. The molecule has 0 aromatic heterocycles. The lowest BCUT2D eigenvalue weighted by atomic mass is 9.87. The van der Waals surface area contributed by atoms with Crippen LogP contribution in [0.25, 0.3) is 11.1 Å². The second-order valence-electron chi connectivity index (χ2n) is 10.5. The zero-order valence-corrected chi connectivity index (χ0v) is 21.4. The molecule has 0 spiro atoms. The number of ether oxygens (including phenoxy) is 1. The molecule has 36 heavy (non-hydrogen) atoms. The summed E-state index contributed by atoms with van der Waals surface area (Å²) in [5.41, 5.74) is 5.74. The van der Waals surface area contributed by atoms with Gasteiger partial charge in [0.2, 0.25) is 5.91 Å². The number of fused-ring (bicyclic) bond motifs is 2. The third-order valence-corrected chi connectivity index (χ3v) is 7.96. The van der Waals surface area contributed by atoms with Crippen LogP contribution in [0.4, 0.5) is 11.4 Å². The summed E-state index contributed by atoms with van der Waals surface area (Å²) in [7, 11) is 5.72. The van der Waals surface area contributed by atoms with Crippen molar-refractivity contribution >= 4 is 17.3 Å². The van der Waals surface area contributed by atoms with Crippen LogP contribution in [-0.4, -0.2) is 32.2 Å². The van der Waals surface area contributed by atoms with Gasteiger partial charge in [-0.1, -0.05) is 55.0 Å². The molecule has 2 aliphatic rings. The number of hydrogen-bond acceptors (Lipinski definition) is 4. The smallest absolute Gasteiger partial charge is 0.232 e. The summed E-state index contributed by atoms with van der Waals surface area (Å²) in [6, 6.07) is 24.1. The average Bonchev–Trinajstić information content (AvgIpc) is 3.53. The Morgan fingerprint density at radius 3 is 2.22 bits per heavy atom. The number of aliphatic hydroxyl groups is 1. The van der Waals surface area contributed by atoms with E-state index in [-0.39, 0.29) is 11.8 Å². The molecule has 2 bridgehead atoms. The minimum absolute atomic E-state index is 0.0148. The van der Waals surface area contributed by atoms with Crippen molar-refractivity contribution in [3.05, 3.63) is 83.9 Å². The number of amides is 1. The zero-order chi connectivity index (χ0) is 25.2. The summed E-state index contributed by atoms with van der Waals surface area (Å²) >= 11 is 0. The molecule has 0 radical (unpaired) electrons. The monoisotopic (exact) mass is 484 g/mol. The third kappa shape index (κ3) is 4.91. The molecule has 1 amide bonds. The first-order chi connectivity index (χ1) is 17.4. The Morgan fingerprint density at radius 2 is 1.64 bits per heavy atom. The molecule has 5 heteroatoms. The Balaban J connectivity index is 1.43. The van der Waals surface area contributed by atoms with Crippen LogP contribution >= 0.6 is 0 Å². The van der Waals surface area contributed by atoms with Gasteiger partial charge in [0.15, 0.2) is 6.23 Å². The number of carbonyl (C=O) groups is 1. The summed E-state index contributed by atoms with van der Waals surface area (Å²) in [5.74, 6) is 1.11. The number of anilines is 2. The highest BCUT2D eigenvalue weighted by Crippen LogP contribution is 2.49. The highest BCUT2D eigenvalue weighted by Gasteiger charge is 2.45. The van der Waals surface area contributed by atoms with Crippen molar-refractivity contribution in [2.45, 2.75) is 38.5 Å². The number of aliphatic hydroxyl groups excluding tert-OH is 1. The van der Waals surface area contributed by atoms with Gasteiger partial charge in [-0.2, -0.15) is 0 Å². The Kier molecular flexibility index (Phi) is 7.13. The number of benzene rings is 3. The van der Waals surface area contributed by atoms with Crippen LogP contribution in [0.5, 0.6) is 0 Å². The first-order valence-corrected chi connectivity index (χ1v) is 12.9. The first kappa shape index (κ1) is 24.5. The van der Waals surface area contributed by atoms with Gasteiger partial charge in [0.25, 0.3) is 0 Å². The van der Waals surface area contributed by atoms with Crippen LogP contribution in [0, 0.1) is 17.8 Å². The van der Waals surface area contributed by atoms with Gasteiger partial charge in [-0.15, -0.1) is 0 Å². The SMILES string of the molecule is COCc1cccc(N(C(=O)C2CC3CCC2C3)C(O)c2ccc(-c3ccc(N(C)C)cc3)cc2)c1. The molecule has 0 aliphatic heterocycles. The fraction of sp³-hybridized carbons (Fsp3) is 0.387. The molecule has 1 N–H and O–H groups in total. The predicted molar refractivity (Wildman–Crippen MR) is 145 cm³/mol. The Bertz CT molecular complexity index is 1190. The van der Waals surface area contributed by atoms with Crippen molar-refractivity contribution < 1.29 is 14.6 Å². The Hall–Kier alpha value is -3.15. The number of rotatable bonds is 8. The minimum atomic E-state index is -1.06. The number of hydrogen-bond donors (Lipinski definition) is 1. The normalized spacial score (nSPS) is 21.4. The van der Waals surface area contributed by atoms with Crippen molar-refractivity contribution in [1.29, 1.82) is 0 Å². The highest BCUT2D eigenvalue weighted by atomic mass is 16.5. The molecule has 3 aromatic rings. The number of carbonyl (C=O) groups excluding carboxylic acids is 1. The van der Waals surface area contributed by atoms with E-state index in [1.165, 1.54) is 6.42 Å².